The number of rotatable bonds is 4. The standard InChI is InChI=1S/C15H15BrClFN2/c1-9-6-11(16)2-4-13(9)15(20-19)8-10-7-12(18)3-5-14(10)17/h2-7,15,20H,8,19H2,1H3. The second-order valence-corrected chi connectivity index (χ2v) is 5.98. The van der Waals surface area contributed by atoms with Crippen molar-refractivity contribution in [2.45, 2.75) is 19.4 Å². The molecule has 0 aliphatic carbocycles. The Labute approximate surface area is 131 Å². The SMILES string of the molecule is Cc1cc(Br)ccc1C(Cc1cc(F)ccc1Cl)NN. The molecule has 106 valence electrons. The zero-order valence-corrected chi connectivity index (χ0v) is 13.3. The summed E-state index contributed by atoms with van der Waals surface area (Å²) in [7, 11) is 0. The first-order valence-electron chi connectivity index (χ1n) is 6.17. The van der Waals surface area contributed by atoms with Crippen LogP contribution < -0.4 is 11.3 Å². The highest BCUT2D eigenvalue weighted by Gasteiger charge is 2.15. The van der Waals surface area contributed by atoms with Gasteiger partial charge >= 0.3 is 0 Å². The molecule has 5 heteroatoms. The molecule has 3 N–H and O–H groups in total. The molecule has 20 heavy (non-hydrogen) atoms. The largest absolute Gasteiger partial charge is 0.271 e. The summed E-state index contributed by atoms with van der Waals surface area (Å²) in [5, 5.41) is 0.543. The van der Waals surface area contributed by atoms with Gasteiger partial charge in [-0.05, 0) is 60.4 Å². The molecule has 0 saturated carbocycles. The third-order valence-corrected chi connectivity index (χ3v) is 4.10. The molecule has 0 aromatic heterocycles. The van der Waals surface area contributed by atoms with Crippen LogP contribution >= 0.6 is 27.5 Å². The molecule has 2 rings (SSSR count). The summed E-state index contributed by atoms with van der Waals surface area (Å²) >= 11 is 9.54. The van der Waals surface area contributed by atoms with E-state index in [0.717, 1.165) is 21.2 Å². The average molecular weight is 358 g/mol. The Morgan fingerprint density at radius 3 is 2.70 bits per heavy atom. The van der Waals surface area contributed by atoms with Crippen molar-refractivity contribution < 1.29 is 4.39 Å². The summed E-state index contributed by atoms with van der Waals surface area (Å²) in [6.45, 7) is 2.01. The van der Waals surface area contributed by atoms with Gasteiger partial charge in [-0.3, -0.25) is 11.3 Å². The summed E-state index contributed by atoms with van der Waals surface area (Å²) in [5.41, 5.74) is 5.68. The Morgan fingerprint density at radius 2 is 2.05 bits per heavy atom. The van der Waals surface area contributed by atoms with Crippen LogP contribution in [0.3, 0.4) is 0 Å². The van der Waals surface area contributed by atoms with Gasteiger partial charge in [-0.1, -0.05) is 33.6 Å². The van der Waals surface area contributed by atoms with Crippen LogP contribution in [0.15, 0.2) is 40.9 Å². The number of hydrazine groups is 1. The zero-order valence-electron chi connectivity index (χ0n) is 11.0. The summed E-state index contributed by atoms with van der Waals surface area (Å²) < 4.78 is 14.3. The highest BCUT2D eigenvalue weighted by Crippen LogP contribution is 2.27. The molecule has 0 amide bonds. The molecule has 0 fully saturated rings. The van der Waals surface area contributed by atoms with Crippen molar-refractivity contribution in [3.8, 4) is 0 Å². The number of hydrogen-bond donors (Lipinski definition) is 2. The lowest BCUT2D eigenvalue weighted by Gasteiger charge is -2.19. The van der Waals surface area contributed by atoms with Crippen molar-refractivity contribution in [1.82, 2.24) is 5.43 Å². The van der Waals surface area contributed by atoms with E-state index in [1.807, 2.05) is 25.1 Å². The van der Waals surface area contributed by atoms with Gasteiger partial charge in [0.2, 0.25) is 0 Å². The predicted octanol–water partition coefficient (Wildman–Crippen LogP) is 4.30. The Bertz CT molecular complexity index is 619. The van der Waals surface area contributed by atoms with Gasteiger partial charge in [0, 0.05) is 9.50 Å². The molecule has 0 aliphatic heterocycles. The summed E-state index contributed by atoms with van der Waals surface area (Å²) in [4.78, 5) is 0. The molecule has 0 radical (unpaired) electrons. The van der Waals surface area contributed by atoms with E-state index in [0.29, 0.717) is 11.4 Å². The van der Waals surface area contributed by atoms with Crippen molar-refractivity contribution in [3.05, 3.63) is 68.4 Å². The van der Waals surface area contributed by atoms with E-state index < -0.39 is 0 Å². The van der Waals surface area contributed by atoms with Crippen LogP contribution in [0.4, 0.5) is 4.39 Å². The van der Waals surface area contributed by atoms with Crippen molar-refractivity contribution >= 4 is 27.5 Å². The fourth-order valence-electron chi connectivity index (χ4n) is 2.21. The summed E-state index contributed by atoms with van der Waals surface area (Å²) in [5.74, 6) is 5.35. The number of nitrogens with one attached hydrogen (secondary N) is 1. The van der Waals surface area contributed by atoms with Crippen molar-refractivity contribution in [2.75, 3.05) is 0 Å². The molecule has 0 saturated heterocycles. The number of hydrogen-bond acceptors (Lipinski definition) is 2. The number of benzene rings is 2. The maximum absolute atomic E-state index is 13.3. The van der Waals surface area contributed by atoms with E-state index in [1.54, 1.807) is 6.07 Å². The minimum Gasteiger partial charge on any atom is -0.271 e. The quantitative estimate of drug-likeness (QED) is 0.632. The molecule has 1 atom stereocenters. The predicted molar refractivity (Wildman–Crippen MR) is 84.1 cm³/mol. The fourth-order valence-corrected chi connectivity index (χ4v) is 2.88. The van der Waals surface area contributed by atoms with E-state index in [-0.39, 0.29) is 11.9 Å². The van der Waals surface area contributed by atoms with Crippen LogP contribution in [0.1, 0.15) is 22.7 Å². The Morgan fingerprint density at radius 1 is 1.30 bits per heavy atom. The zero-order chi connectivity index (χ0) is 14.7. The normalized spacial score (nSPS) is 12.4. The Balaban J connectivity index is 2.31. The fraction of sp³-hybridized carbons (Fsp3) is 0.200. The Hall–Kier alpha value is -0.940. The average Bonchev–Trinajstić information content (AvgIpc) is 2.40. The van der Waals surface area contributed by atoms with E-state index in [9.17, 15) is 4.39 Å². The number of nitrogens with two attached hydrogens (primary N) is 1. The van der Waals surface area contributed by atoms with E-state index in [2.05, 4.69) is 21.4 Å². The van der Waals surface area contributed by atoms with Gasteiger partial charge < -0.3 is 0 Å². The summed E-state index contributed by atoms with van der Waals surface area (Å²) in [6, 6.07) is 10.2. The minimum atomic E-state index is -0.298. The van der Waals surface area contributed by atoms with E-state index in [1.165, 1.54) is 12.1 Å². The third kappa shape index (κ3) is 3.58. The monoisotopic (exact) mass is 356 g/mol. The molecular weight excluding hydrogens is 343 g/mol. The lowest BCUT2D eigenvalue weighted by Crippen LogP contribution is -2.30. The van der Waals surface area contributed by atoms with Crippen molar-refractivity contribution in [1.29, 1.82) is 0 Å². The van der Waals surface area contributed by atoms with E-state index >= 15 is 0 Å². The van der Waals surface area contributed by atoms with Crippen molar-refractivity contribution in [3.63, 3.8) is 0 Å². The number of aryl methyl sites for hydroxylation is 1. The van der Waals surface area contributed by atoms with Crippen LogP contribution in [0, 0.1) is 12.7 Å². The molecule has 0 heterocycles. The molecule has 0 aliphatic rings. The highest BCUT2D eigenvalue weighted by molar-refractivity contribution is 9.10. The third-order valence-electron chi connectivity index (χ3n) is 3.24. The van der Waals surface area contributed by atoms with Crippen LogP contribution in [0.5, 0.6) is 0 Å². The van der Waals surface area contributed by atoms with Gasteiger partial charge in [0.25, 0.3) is 0 Å². The van der Waals surface area contributed by atoms with Gasteiger partial charge in [-0.2, -0.15) is 0 Å². The highest BCUT2D eigenvalue weighted by atomic mass is 79.9. The lowest BCUT2D eigenvalue weighted by molar-refractivity contribution is 0.546. The van der Waals surface area contributed by atoms with Crippen LogP contribution in [-0.2, 0) is 6.42 Å². The molecule has 2 nitrogen and oxygen atoms in total. The summed E-state index contributed by atoms with van der Waals surface area (Å²) in [6.07, 6.45) is 0.523. The first-order chi connectivity index (χ1) is 9.51. The maximum atomic E-state index is 13.3. The van der Waals surface area contributed by atoms with Gasteiger partial charge in [-0.15, -0.1) is 0 Å². The molecule has 2 aromatic carbocycles. The smallest absolute Gasteiger partial charge is 0.123 e. The van der Waals surface area contributed by atoms with Crippen LogP contribution in [0.25, 0.3) is 0 Å². The molecular formula is C15H15BrClFN2. The second kappa shape index (κ2) is 6.68. The van der Waals surface area contributed by atoms with Crippen LogP contribution in [0.2, 0.25) is 5.02 Å². The van der Waals surface area contributed by atoms with Crippen molar-refractivity contribution in [2.24, 2.45) is 5.84 Å². The topological polar surface area (TPSA) is 38.0 Å². The Kier molecular flexibility index (Phi) is 5.16. The van der Waals surface area contributed by atoms with E-state index in [4.69, 9.17) is 17.4 Å². The van der Waals surface area contributed by atoms with Crippen LogP contribution in [-0.4, -0.2) is 0 Å². The molecule has 0 spiro atoms. The number of halogens is 3. The second-order valence-electron chi connectivity index (χ2n) is 4.66. The molecule has 0 bridgehead atoms. The van der Waals surface area contributed by atoms with Gasteiger partial charge in [0.15, 0.2) is 0 Å². The molecule has 2 aromatic rings. The first-order valence-corrected chi connectivity index (χ1v) is 7.34. The van der Waals surface area contributed by atoms with Gasteiger partial charge in [0.1, 0.15) is 5.82 Å². The van der Waals surface area contributed by atoms with Gasteiger partial charge in [0.05, 0.1) is 6.04 Å². The maximum Gasteiger partial charge on any atom is 0.123 e. The molecule has 1 unspecified atom stereocenters. The first kappa shape index (κ1) is 15.4. The van der Waals surface area contributed by atoms with Gasteiger partial charge in [-0.25, -0.2) is 4.39 Å². The minimum absolute atomic E-state index is 0.123. The lowest BCUT2D eigenvalue weighted by atomic mass is 9.96.